The van der Waals surface area contributed by atoms with Crippen molar-refractivity contribution >= 4 is 34.8 Å². The van der Waals surface area contributed by atoms with E-state index in [1.165, 1.54) is 17.2 Å². The van der Waals surface area contributed by atoms with E-state index in [0.29, 0.717) is 5.92 Å². The lowest BCUT2D eigenvalue weighted by Gasteiger charge is -2.12. The van der Waals surface area contributed by atoms with Crippen LogP contribution in [-0.2, 0) is 6.42 Å². The first-order valence-corrected chi connectivity index (χ1v) is 9.08. The van der Waals surface area contributed by atoms with Crippen LogP contribution in [0.1, 0.15) is 25.8 Å². The smallest absolute Gasteiger partial charge is 0.144 e. The average molecular weight is 247 g/mol. The third-order valence-electron chi connectivity index (χ3n) is 2.56. The minimum absolute atomic E-state index is 0.706. The standard InChI is InChI=1S/C11H16Cl2Si/c1-3-9(2)8-10-6-4-5-7-11(10)14(12)13/h4-7,9,14H,3,8H2,1-2H3. The van der Waals surface area contributed by atoms with E-state index in [1.54, 1.807) is 0 Å². The summed E-state index contributed by atoms with van der Waals surface area (Å²) in [5, 5.41) is 1.19. The molecule has 0 nitrogen and oxygen atoms in total. The Bertz CT molecular complexity index is 286. The molecule has 78 valence electrons. The molecule has 0 aliphatic rings. The highest BCUT2D eigenvalue weighted by Crippen LogP contribution is 2.12. The van der Waals surface area contributed by atoms with Crippen molar-refractivity contribution in [3.63, 3.8) is 0 Å². The quantitative estimate of drug-likeness (QED) is 0.566. The van der Waals surface area contributed by atoms with E-state index in [2.05, 4.69) is 32.0 Å². The summed E-state index contributed by atoms with van der Waals surface area (Å²) in [7, 11) is -1.69. The zero-order valence-corrected chi connectivity index (χ0v) is 11.3. The van der Waals surface area contributed by atoms with Gasteiger partial charge in [-0.2, -0.15) is 0 Å². The molecule has 14 heavy (non-hydrogen) atoms. The maximum atomic E-state index is 6.04. The molecule has 3 heteroatoms. The van der Waals surface area contributed by atoms with Gasteiger partial charge in [-0.1, -0.05) is 44.5 Å². The van der Waals surface area contributed by atoms with E-state index in [4.69, 9.17) is 22.2 Å². The fourth-order valence-corrected chi connectivity index (χ4v) is 3.48. The molecular weight excluding hydrogens is 231 g/mol. The average Bonchev–Trinajstić information content (AvgIpc) is 2.18. The van der Waals surface area contributed by atoms with Gasteiger partial charge in [0, 0.05) is 0 Å². The van der Waals surface area contributed by atoms with E-state index >= 15 is 0 Å². The van der Waals surface area contributed by atoms with Crippen molar-refractivity contribution < 1.29 is 0 Å². The Balaban J connectivity index is 2.84. The summed E-state index contributed by atoms with van der Waals surface area (Å²) in [6.45, 7) is 4.47. The topological polar surface area (TPSA) is 0 Å². The number of benzene rings is 1. The second-order valence-corrected chi connectivity index (χ2v) is 8.23. The molecule has 1 atom stereocenters. The molecule has 0 bridgehead atoms. The summed E-state index contributed by atoms with van der Waals surface area (Å²) in [5.41, 5.74) is 1.34. The van der Waals surface area contributed by atoms with Crippen molar-refractivity contribution in [2.24, 2.45) is 5.92 Å². The van der Waals surface area contributed by atoms with E-state index < -0.39 is 7.42 Å². The van der Waals surface area contributed by atoms with Crippen LogP contribution in [0.15, 0.2) is 24.3 Å². The second kappa shape index (κ2) is 5.79. The van der Waals surface area contributed by atoms with Crippen molar-refractivity contribution in [3.8, 4) is 0 Å². The van der Waals surface area contributed by atoms with Crippen LogP contribution in [-0.4, -0.2) is 7.42 Å². The van der Waals surface area contributed by atoms with Crippen LogP contribution in [0.3, 0.4) is 0 Å². The number of halogens is 2. The molecule has 0 heterocycles. The lowest BCUT2D eigenvalue weighted by atomic mass is 9.99. The number of hydrogen-bond acceptors (Lipinski definition) is 0. The molecule has 0 spiro atoms. The Kier molecular flexibility index (Phi) is 5.00. The molecule has 1 unspecified atom stereocenters. The minimum Gasteiger partial charge on any atom is -0.144 e. The van der Waals surface area contributed by atoms with Crippen molar-refractivity contribution in [3.05, 3.63) is 29.8 Å². The van der Waals surface area contributed by atoms with Crippen LogP contribution < -0.4 is 5.19 Å². The first kappa shape index (κ1) is 12.1. The molecule has 0 aliphatic carbocycles. The van der Waals surface area contributed by atoms with Gasteiger partial charge >= 0.3 is 0 Å². The monoisotopic (exact) mass is 246 g/mol. The fourth-order valence-electron chi connectivity index (χ4n) is 1.45. The van der Waals surface area contributed by atoms with Crippen LogP contribution in [0.5, 0.6) is 0 Å². The summed E-state index contributed by atoms with van der Waals surface area (Å²) >= 11 is 12.1. The predicted octanol–water partition coefficient (Wildman–Crippen LogP) is 3.18. The first-order valence-electron chi connectivity index (χ1n) is 5.01. The van der Waals surface area contributed by atoms with E-state index in [-0.39, 0.29) is 0 Å². The summed E-state index contributed by atoms with van der Waals surface area (Å²) in [6.07, 6.45) is 2.29. The van der Waals surface area contributed by atoms with Gasteiger partial charge in [-0.15, -0.1) is 22.2 Å². The van der Waals surface area contributed by atoms with Crippen molar-refractivity contribution in [2.75, 3.05) is 0 Å². The molecule has 0 saturated carbocycles. The molecule has 1 aromatic carbocycles. The Morgan fingerprint density at radius 3 is 2.50 bits per heavy atom. The normalized spacial score (nSPS) is 13.2. The summed E-state index contributed by atoms with van der Waals surface area (Å²) in [5.74, 6) is 0.706. The molecule has 1 rings (SSSR count). The van der Waals surface area contributed by atoms with Gasteiger partial charge in [0.25, 0.3) is 7.42 Å². The Labute approximate surface area is 97.3 Å². The summed E-state index contributed by atoms with van der Waals surface area (Å²) in [6, 6.07) is 8.28. The molecule has 0 aliphatic heterocycles. The highest BCUT2D eigenvalue weighted by molar-refractivity contribution is 7.39. The fraction of sp³-hybridized carbons (Fsp3) is 0.455. The van der Waals surface area contributed by atoms with Gasteiger partial charge in [0.05, 0.1) is 0 Å². The lowest BCUT2D eigenvalue weighted by molar-refractivity contribution is 0.561. The predicted molar refractivity (Wildman–Crippen MR) is 68.1 cm³/mol. The molecule has 0 amide bonds. The highest BCUT2D eigenvalue weighted by atomic mass is 35.7. The molecule has 0 saturated heterocycles. The van der Waals surface area contributed by atoms with Crippen LogP contribution in [0, 0.1) is 5.92 Å². The number of rotatable bonds is 4. The Hall–Kier alpha value is 0.0169. The molecule has 0 aromatic heterocycles. The van der Waals surface area contributed by atoms with Crippen molar-refractivity contribution in [1.82, 2.24) is 0 Å². The van der Waals surface area contributed by atoms with Crippen LogP contribution in [0.2, 0.25) is 0 Å². The van der Waals surface area contributed by atoms with Gasteiger partial charge in [-0.05, 0) is 23.1 Å². The lowest BCUT2D eigenvalue weighted by Crippen LogP contribution is -2.23. The second-order valence-electron chi connectivity index (χ2n) is 3.72. The van der Waals surface area contributed by atoms with Gasteiger partial charge in [-0.25, -0.2) is 0 Å². The van der Waals surface area contributed by atoms with Gasteiger partial charge in [0.1, 0.15) is 0 Å². The van der Waals surface area contributed by atoms with Crippen LogP contribution in [0.4, 0.5) is 0 Å². The van der Waals surface area contributed by atoms with E-state index in [9.17, 15) is 0 Å². The van der Waals surface area contributed by atoms with Gasteiger partial charge in [-0.3, -0.25) is 0 Å². The third kappa shape index (κ3) is 3.30. The number of hydrogen-bond donors (Lipinski definition) is 0. The highest BCUT2D eigenvalue weighted by Gasteiger charge is 2.12. The summed E-state index contributed by atoms with van der Waals surface area (Å²) < 4.78 is 0. The SMILES string of the molecule is CCC(C)Cc1ccccc1[SiH](Cl)Cl. The van der Waals surface area contributed by atoms with Crippen LogP contribution >= 0.6 is 22.2 Å². The van der Waals surface area contributed by atoms with Crippen LogP contribution in [0.25, 0.3) is 0 Å². The third-order valence-corrected chi connectivity index (χ3v) is 5.00. The minimum atomic E-state index is -1.69. The molecule has 0 radical (unpaired) electrons. The maximum Gasteiger partial charge on any atom is 0.266 e. The van der Waals surface area contributed by atoms with Crippen molar-refractivity contribution in [2.45, 2.75) is 26.7 Å². The largest absolute Gasteiger partial charge is 0.266 e. The Morgan fingerprint density at radius 2 is 1.93 bits per heavy atom. The molecule has 0 N–H and O–H groups in total. The molecular formula is C11H16Cl2Si. The molecule has 1 aromatic rings. The molecule has 0 fully saturated rings. The van der Waals surface area contributed by atoms with Gasteiger partial charge in [0.15, 0.2) is 0 Å². The maximum absolute atomic E-state index is 6.04. The van der Waals surface area contributed by atoms with Crippen molar-refractivity contribution in [1.29, 1.82) is 0 Å². The van der Waals surface area contributed by atoms with Gasteiger partial charge in [0.2, 0.25) is 0 Å². The van der Waals surface area contributed by atoms with E-state index in [0.717, 1.165) is 6.42 Å². The zero-order chi connectivity index (χ0) is 10.6. The Morgan fingerprint density at radius 1 is 1.29 bits per heavy atom. The van der Waals surface area contributed by atoms with Gasteiger partial charge < -0.3 is 0 Å². The van der Waals surface area contributed by atoms with E-state index in [1.807, 2.05) is 6.07 Å². The summed E-state index contributed by atoms with van der Waals surface area (Å²) in [4.78, 5) is 0. The zero-order valence-electron chi connectivity index (χ0n) is 8.63. The first-order chi connectivity index (χ1) is 6.65.